The Morgan fingerprint density at radius 3 is 2.76 bits per heavy atom. The number of ether oxygens (including phenoxy) is 1. The van der Waals surface area contributed by atoms with E-state index in [9.17, 15) is 4.79 Å². The van der Waals surface area contributed by atoms with Gasteiger partial charge in [0.2, 0.25) is 5.88 Å². The molecule has 1 unspecified atom stereocenters. The quantitative estimate of drug-likeness (QED) is 0.810. The Balaban J connectivity index is 1.35. The first kappa shape index (κ1) is 16.1. The van der Waals surface area contributed by atoms with Gasteiger partial charge in [-0.05, 0) is 49.1 Å². The van der Waals surface area contributed by atoms with Crippen molar-refractivity contribution in [2.75, 3.05) is 19.7 Å². The van der Waals surface area contributed by atoms with Crippen molar-refractivity contribution in [1.82, 2.24) is 9.88 Å². The number of carbonyl (C=O) groups is 1. The molecule has 2 fully saturated rings. The van der Waals surface area contributed by atoms with E-state index in [1.807, 2.05) is 11.0 Å². The summed E-state index contributed by atoms with van der Waals surface area (Å²) < 4.78 is 5.70. The molecular formula is C21H24N2O2. The number of carbonyl (C=O) groups excluding carboxylic acids is 1. The molecule has 1 saturated heterocycles. The lowest BCUT2D eigenvalue weighted by molar-refractivity contribution is 0.0786. The third kappa shape index (κ3) is 4.19. The van der Waals surface area contributed by atoms with Gasteiger partial charge in [-0.25, -0.2) is 4.98 Å². The molecule has 1 amide bonds. The van der Waals surface area contributed by atoms with Gasteiger partial charge in [0.05, 0.1) is 6.61 Å². The summed E-state index contributed by atoms with van der Waals surface area (Å²) in [6, 6.07) is 14.1. The summed E-state index contributed by atoms with van der Waals surface area (Å²) >= 11 is 0. The molecule has 2 aromatic rings. The lowest BCUT2D eigenvalue weighted by Crippen LogP contribution is -2.29. The van der Waals surface area contributed by atoms with E-state index >= 15 is 0 Å². The Hall–Kier alpha value is -2.36. The average Bonchev–Trinajstić information content (AvgIpc) is 3.38. The molecule has 4 rings (SSSR count). The Morgan fingerprint density at radius 2 is 1.96 bits per heavy atom. The summed E-state index contributed by atoms with van der Waals surface area (Å²) in [5.41, 5.74) is 2.03. The van der Waals surface area contributed by atoms with Crippen molar-refractivity contribution in [2.24, 2.45) is 11.8 Å². The van der Waals surface area contributed by atoms with E-state index in [0.29, 0.717) is 29.9 Å². The maximum atomic E-state index is 12.8. The van der Waals surface area contributed by atoms with E-state index in [-0.39, 0.29) is 5.91 Å². The predicted molar refractivity (Wildman–Crippen MR) is 96.6 cm³/mol. The molecule has 4 heteroatoms. The fraction of sp³-hybridized carbons (Fsp3) is 0.429. The van der Waals surface area contributed by atoms with Crippen LogP contribution in [0.25, 0.3) is 0 Å². The lowest BCUT2D eigenvalue weighted by atomic mass is 9.99. The highest BCUT2D eigenvalue weighted by molar-refractivity contribution is 5.94. The molecule has 1 saturated carbocycles. The van der Waals surface area contributed by atoms with Crippen LogP contribution >= 0.6 is 0 Å². The van der Waals surface area contributed by atoms with E-state index in [0.717, 1.165) is 25.9 Å². The van der Waals surface area contributed by atoms with Crippen LogP contribution in [0.4, 0.5) is 0 Å². The van der Waals surface area contributed by atoms with Gasteiger partial charge in [-0.3, -0.25) is 4.79 Å². The van der Waals surface area contributed by atoms with Crippen molar-refractivity contribution in [3.05, 3.63) is 59.8 Å². The van der Waals surface area contributed by atoms with E-state index < -0.39 is 0 Å². The van der Waals surface area contributed by atoms with Gasteiger partial charge in [0.25, 0.3) is 5.91 Å². The topological polar surface area (TPSA) is 42.4 Å². The minimum Gasteiger partial charge on any atom is -0.477 e. The third-order valence-corrected chi connectivity index (χ3v) is 5.09. The summed E-state index contributed by atoms with van der Waals surface area (Å²) in [6.45, 7) is 2.37. The maximum absolute atomic E-state index is 12.8. The zero-order valence-electron chi connectivity index (χ0n) is 14.4. The van der Waals surface area contributed by atoms with Gasteiger partial charge in [0.1, 0.15) is 0 Å². The Morgan fingerprint density at radius 1 is 1.12 bits per heavy atom. The molecule has 0 bridgehead atoms. The molecule has 1 aromatic heterocycles. The SMILES string of the molecule is O=C(c1ccnc(OCC2CC2)c1)N1CCC(Cc2ccccc2)C1. The first-order valence-corrected chi connectivity index (χ1v) is 9.20. The molecule has 1 atom stereocenters. The Bertz CT molecular complexity index is 728. The Labute approximate surface area is 148 Å². The molecule has 2 heterocycles. The van der Waals surface area contributed by atoms with Crippen LogP contribution in [0.15, 0.2) is 48.7 Å². The molecule has 4 nitrogen and oxygen atoms in total. The van der Waals surface area contributed by atoms with Crippen LogP contribution in [-0.2, 0) is 6.42 Å². The van der Waals surface area contributed by atoms with Gasteiger partial charge < -0.3 is 9.64 Å². The highest BCUT2D eigenvalue weighted by Gasteiger charge is 2.27. The van der Waals surface area contributed by atoms with Crippen molar-refractivity contribution < 1.29 is 9.53 Å². The highest BCUT2D eigenvalue weighted by Crippen LogP contribution is 2.29. The van der Waals surface area contributed by atoms with Gasteiger partial charge >= 0.3 is 0 Å². The molecule has 130 valence electrons. The standard InChI is InChI=1S/C21H24N2O2/c24-21(19-8-10-22-20(13-19)25-15-17-6-7-17)23-11-9-18(14-23)12-16-4-2-1-3-5-16/h1-5,8,10,13,17-18H,6-7,9,11-12,14-15H2. The Kier molecular flexibility index (Phi) is 4.68. The number of nitrogens with zero attached hydrogens (tertiary/aromatic N) is 2. The van der Waals surface area contributed by atoms with E-state index in [1.54, 1.807) is 18.3 Å². The van der Waals surface area contributed by atoms with Crippen LogP contribution in [0.1, 0.15) is 35.2 Å². The summed E-state index contributed by atoms with van der Waals surface area (Å²) in [5.74, 6) is 1.88. The molecule has 25 heavy (non-hydrogen) atoms. The fourth-order valence-corrected chi connectivity index (χ4v) is 3.42. The fourth-order valence-electron chi connectivity index (χ4n) is 3.42. The number of benzene rings is 1. The maximum Gasteiger partial charge on any atom is 0.254 e. The molecule has 0 N–H and O–H groups in total. The summed E-state index contributed by atoms with van der Waals surface area (Å²) in [7, 11) is 0. The van der Waals surface area contributed by atoms with E-state index in [4.69, 9.17) is 4.74 Å². The van der Waals surface area contributed by atoms with Crippen LogP contribution in [0.5, 0.6) is 5.88 Å². The van der Waals surface area contributed by atoms with Crippen LogP contribution in [0, 0.1) is 11.8 Å². The normalized spacial score (nSPS) is 19.8. The monoisotopic (exact) mass is 336 g/mol. The highest BCUT2D eigenvalue weighted by atomic mass is 16.5. The zero-order valence-corrected chi connectivity index (χ0v) is 14.4. The van der Waals surface area contributed by atoms with Crippen LogP contribution in [0.3, 0.4) is 0 Å². The number of amides is 1. The van der Waals surface area contributed by atoms with Crippen molar-refractivity contribution in [1.29, 1.82) is 0 Å². The van der Waals surface area contributed by atoms with Crippen molar-refractivity contribution in [3.8, 4) is 5.88 Å². The van der Waals surface area contributed by atoms with Crippen molar-refractivity contribution >= 4 is 5.91 Å². The van der Waals surface area contributed by atoms with Gasteiger partial charge in [-0.15, -0.1) is 0 Å². The second-order valence-corrected chi connectivity index (χ2v) is 7.23. The second kappa shape index (κ2) is 7.26. The molecular weight excluding hydrogens is 312 g/mol. The van der Waals surface area contributed by atoms with Crippen LogP contribution in [-0.4, -0.2) is 35.5 Å². The van der Waals surface area contributed by atoms with Crippen molar-refractivity contribution in [2.45, 2.75) is 25.7 Å². The molecule has 1 aromatic carbocycles. The minimum absolute atomic E-state index is 0.0919. The minimum atomic E-state index is 0.0919. The largest absolute Gasteiger partial charge is 0.477 e. The summed E-state index contributed by atoms with van der Waals surface area (Å²) in [4.78, 5) is 19.0. The second-order valence-electron chi connectivity index (χ2n) is 7.23. The molecule has 1 aliphatic carbocycles. The van der Waals surface area contributed by atoms with Gasteiger partial charge in [0.15, 0.2) is 0 Å². The van der Waals surface area contributed by atoms with Gasteiger partial charge in [-0.2, -0.15) is 0 Å². The number of hydrogen-bond acceptors (Lipinski definition) is 3. The first-order chi connectivity index (χ1) is 12.3. The number of hydrogen-bond donors (Lipinski definition) is 0. The predicted octanol–water partition coefficient (Wildman–Crippen LogP) is 3.58. The average molecular weight is 336 g/mol. The third-order valence-electron chi connectivity index (χ3n) is 5.09. The number of aromatic nitrogens is 1. The smallest absolute Gasteiger partial charge is 0.254 e. The number of likely N-dealkylation sites (tertiary alicyclic amines) is 1. The molecule has 0 spiro atoms. The number of pyridine rings is 1. The van der Waals surface area contributed by atoms with Gasteiger partial charge in [-0.1, -0.05) is 30.3 Å². The summed E-state index contributed by atoms with van der Waals surface area (Å²) in [6.07, 6.45) is 6.27. The zero-order chi connectivity index (χ0) is 17.1. The molecule has 1 aliphatic heterocycles. The number of rotatable bonds is 6. The van der Waals surface area contributed by atoms with Gasteiger partial charge in [0, 0.05) is 30.9 Å². The van der Waals surface area contributed by atoms with Crippen LogP contribution in [0.2, 0.25) is 0 Å². The molecule has 0 radical (unpaired) electrons. The summed E-state index contributed by atoms with van der Waals surface area (Å²) in [5, 5.41) is 0. The molecule has 2 aliphatic rings. The van der Waals surface area contributed by atoms with Crippen molar-refractivity contribution in [3.63, 3.8) is 0 Å². The van der Waals surface area contributed by atoms with Crippen LogP contribution < -0.4 is 4.74 Å². The first-order valence-electron chi connectivity index (χ1n) is 9.20. The van der Waals surface area contributed by atoms with E-state index in [1.165, 1.54) is 18.4 Å². The van der Waals surface area contributed by atoms with E-state index in [2.05, 4.69) is 29.2 Å². The lowest BCUT2D eigenvalue weighted by Gasteiger charge is -2.17.